The number of nitrogens with zero attached hydrogens (tertiary/aromatic N) is 3. The Morgan fingerprint density at radius 1 is 0.957 bits per heavy atom. The van der Waals surface area contributed by atoms with Crippen molar-refractivity contribution < 1.29 is 30.8 Å². The molecule has 2 heterocycles. The fraction of sp³-hybridized carbons (Fsp3) is 0.281. The van der Waals surface area contributed by atoms with Crippen LogP contribution in [0.25, 0.3) is 11.3 Å². The van der Waals surface area contributed by atoms with Gasteiger partial charge in [-0.3, -0.25) is 4.79 Å². The Kier molecular flexibility index (Phi) is 10.3. The van der Waals surface area contributed by atoms with Crippen molar-refractivity contribution in [2.45, 2.75) is 49.2 Å². The van der Waals surface area contributed by atoms with Crippen molar-refractivity contribution in [2.24, 2.45) is 0 Å². The third kappa shape index (κ3) is 8.03. The number of alkyl halides is 3. The molecule has 3 aromatic carbocycles. The lowest BCUT2D eigenvalue weighted by Crippen LogP contribution is -2.40. The zero-order chi connectivity index (χ0) is 33.1. The van der Waals surface area contributed by atoms with Crippen LogP contribution in [0.3, 0.4) is 0 Å². The Balaban J connectivity index is 1.34. The average Bonchev–Trinajstić information content (AvgIpc) is 3.52. The largest absolute Gasteiger partial charge is 0.416 e. The smallest absolute Gasteiger partial charge is 0.354 e. The van der Waals surface area contributed by atoms with Gasteiger partial charge in [0, 0.05) is 40.8 Å². The molecule has 46 heavy (non-hydrogen) atoms. The minimum absolute atomic E-state index is 0.0383. The highest BCUT2D eigenvalue weighted by molar-refractivity contribution is 7.89. The van der Waals surface area contributed by atoms with E-state index < -0.39 is 33.6 Å². The summed E-state index contributed by atoms with van der Waals surface area (Å²) in [5.41, 5.74) is 1.24. The lowest BCUT2D eigenvalue weighted by atomic mass is 10.0. The van der Waals surface area contributed by atoms with Crippen LogP contribution in [-0.2, 0) is 33.8 Å². The molecule has 1 fully saturated rings. The van der Waals surface area contributed by atoms with E-state index in [1.54, 1.807) is 24.3 Å². The highest BCUT2D eigenvalue weighted by atomic mass is 35.5. The summed E-state index contributed by atoms with van der Waals surface area (Å²) in [6.07, 6.45) is -3.06. The second kappa shape index (κ2) is 14.0. The predicted octanol–water partition coefficient (Wildman–Crippen LogP) is 7.62. The molecule has 4 aromatic rings. The van der Waals surface area contributed by atoms with Crippen molar-refractivity contribution >= 4 is 45.0 Å². The van der Waals surface area contributed by atoms with Crippen LogP contribution < -0.4 is 5.32 Å². The zero-order valence-electron chi connectivity index (χ0n) is 24.2. The molecular weight excluding hydrogens is 667 g/mol. The van der Waals surface area contributed by atoms with Crippen molar-refractivity contribution in [3.8, 4) is 11.3 Å². The number of aromatic nitrogens is 2. The van der Waals surface area contributed by atoms with Gasteiger partial charge in [-0.25, -0.2) is 22.8 Å². The van der Waals surface area contributed by atoms with Gasteiger partial charge in [0.15, 0.2) is 5.78 Å². The van der Waals surface area contributed by atoms with Gasteiger partial charge in [-0.1, -0.05) is 41.4 Å². The molecule has 14 heteroatoms. The standard InChI is InChI=1S/C32H28Cl2F4N4O3S/c33-23-8-5-20(27(34)18-23)15-16-39-31-40-25(19-28(41-31)21-3-6-22(7-4-21)32(36,37)38)11-14-30(43)29-2-1-17-42(29)46(44,45)26-12-9-24(35)10-13-26/h3-10,12-13,18-19,29H,1-2,11,14-17H2,(H,39,40,41)/t29-/m0/s1. The Hall–Kier alpha value is -3.58. The lowest BCUT2D eigenvalue weighted by molar-refractivity contribution is -0.137. The van der Waals surface area contributed by atoms with E-state index in [0.29, 0.717) is 52.8 Å². The Morgan fingerprint density at radius 2 is 1.67 bits per heavy atom. The number of sulfonamides is 1. The first-order valence-electron chi connectivity index (χ1n) is 14.3. The quantitative estimate of drug-likeness (QED) is 0.163. The maximum Gasteiger partial charge on any atom is 0.416 e. The first-order chi connectivity index (χ1) is 21.8. The summed E-state index contributed by atoms with van der Waals surface area (Å²) < 4.78 is 80.5. The number of halogens is 6. The van der Waals surface area contributed by atoms with Crippen molar-refractivity contribution in [2.75, 3.05) is 18.4 Å². The van der Waals surface area contributed by atoms with Crippen LogP contribution in [0.2, 0.25) is 10.0 Å². The van der Waals surface area contributed by atoms with Gasteiger partial charge >= 0.3 is 6.18 Å². The molecule has 1 atom stereocenters. The minimum atomic E-state index is -4.50. The van der Waals surface area contributed by atoms with E-state index in [4.69, 9.17) is 23.2 Å². The molecule has 1 saturated heterocycles. The summed E-state index contributed by atoms with van der Waals surface area (Å²) >= 11 is 12.3. The molecule has 0 radical (unpaired) electrons. The summed E-state index contributed by atoms with van der Waals surface area (Å²) in [5.74, 6) is -0.674. The van der Waals surface area contributed by atoms with E-state index in [1.807, 2.05) is 0 Å². The molecule has 0 spiro atoms. The molecule has 1 aromatic heterocycles. The van der Waals surface area contributed by atoms with E-state index in [-0.39, 0.29) is 36.0 Å². The van der Waals surface area contributed by atoms with Gasteiger partial charge in [0.25, 0.3) is 0 Å². The SMILES string of the molecule is O=C(CCc1cc(-c2ccc(C(F)(F)F)cc2)nc(NCCc2ccc(Cl)cc2Cl)n1)[C@@H]1CCCN1S(=O)(=O)c1ccc(F)cc1. The van der Waals surface area contributed by atoms with Crippen LogP contribution in [0.4, 0.5) is 23.5 Å². The maximum absolute atomic E-state index is 13.4. The summed E-state index contributed by atoms with van der Waals surface area (Å²) in [5, 5.41) is 4.12. The number of nitrogens with one attached hydrogen (secondary N) is 1. The monoisotopic (exact) mass is 694 g/mol. The molecular formula is C32H28Cl2F4N4O3S. The molecule has 5 rings (SSSR count). The molecule has 1 aliphatic heterocycles. The molecule has 0 bridgehead atoms. The van der Waals surface area contributed by atoms with Crippen molar-refractivity contribution in [1.82, 2.24) is 14.3 Å². The van der Waals surface area contributed by atoms with Gasteiger partial charge in [0.1, 0.15) is 5.82 Å². The number of carbonyl (C=O) groups is 1. The molecule has 1 N–H and O–H groups in total. The second-order valence-electron chi connectivity index (χ2n) is 10.7. The summed E-state index contributed by atoms with van der Waals surface area (Å²) in [7, 11) is -4.02. The number of rotatable bonds is 11. The zero-order valence-corrected chi connectivity index (χ0v) is 26.5. The van der Waals surface area contributed by atoms with Crippen LogP contribution in [0, 0.1) is 5.82 Å². The highest BCUT2D eigenvalue weighted by Gasteiger charge is 2.39. The van der Waals surface area contributed by atoms with Crippen LogP contribution >= 0.6 is 23.2 Å². The number of hydrogen-bond acceptors (Lipinski definition) is 6. The molecule has 242 valence electrons. The van der Waals surface area contributed by atoms with Crippen molar-refractivity contribution in [3.05, 3.63) is 105 Å². The van der Waals surface area contributed by atoms with Crippen LogP contribution in [-0.4, -0.2) is 47.6 Å². The fourth-order valence-electron chi connectivity index (χ4n) is 5.23. The van der Waals surface area contributed by atoms with Gasteiger partial charge in [0.2, 0.25) is 16.0 Å². The van der Waals surface area contributed by atoms with E-state index in [0.717, 1.165) is 34.1 Å². The first kappa shape index (κ1) is 33.8. The van der Waals surface area contributed by atoms with Gasteiger partial charge in [0.05, 0.1) is 22.2 Å². The highest BCUT2D eigenvalue weighted by Crippen LogP contribution is 2.32. The topological polar surface area (TPSA) is 92.3 Å². The molecule has 0 amide bonds. The number of aryl methyl sites for hydroxylation is 1. The Labute approximate surface area is 273 Å². The van der Waals surface area contributed by atoms with Crippen LogP contribution in [0.15, 0.2) is 77.7 Å². The van der Waals surface area contributed by atoms with Crippen molar-refractivity contribution in [1.29, 1.82) is 0 Å². The second-order valence-corrected chi connectivity index (χ2v) is 13.5. The number of hydrogen-bond donors (Lipinski definition) is 1. The van der Waals surface area contributed by atoms with E-state index in [1.165, 1.54) is 24.3 Å². The molecule has 7 nitrogen and oxygen atoms in total. The average molecular weight is 696 g/mol. The van der Waals surface area contributed by atoms with Crippen molar-refractivity contribution in [3.63, 3.8) is 0 Å². The maximum atomic E-state index is 13.4. The Bertz CT molecular complexity index is 1820. The van der Waals surface area contributed by atoms with Gasteiger partial charge in [-0.05, 0) is 85.8 Å². The third-order valence-electron chi connectivity index (χ3n) is 7.60. The predicted molar refractivity (Wildman–Crippen MR) is 168 cm³/mol. The third-order valence-corrected chi connectivity index (χ3v) is 10.1. The summed E-state index contributed by atoms with van der Waals surface area (Å²) in [6.45, 7) is 0.530. The number of anilines is 1. The summed E-state index contributed by atoms with van der Waals surface area (Å²) in [6, 6.07) is 14.9. The van der Waals surface area contributed by atoms with Gasteiger partial charge in [-0.2, -0.15) is 17.5 Å². The molecule has 0 saturated carbocycles. The normalized spacial score (nSPS) is 15.7. The number of carbonyl (C=O) groups excluding carboxylic acids is 1. The summed E-state index contributed by atoms with van der Waals surface area (Å²) in [4.78, 5) is 22.3. The van der Waals surface area contributed by atoms with E-state index >= 15 is 0 Å². The Morgan fingerprint density at radius 3 is 2.35 bits per heavy atom. The van der Waals surface area contributed by atoms with E-state index in [9.17, 15) is 30.8 Å². The molecule has 1 aliphatic rings. The number of ketones is 1. The number of Topliss-reactive ketones (excluding diaryl/α,β-unsaturated/α-hetero) is 1. The van der Waals surface area contributed by atoms with E-state index in [2.05, 4.69) is 15.3 Å². The minimum Gasteiger partial charge on any atom is -0.354 e. The van der Waals surface area contributed by atoms with Gasteiger partial charge < -0.3 is 5.32 Å². The van der Waals surface area contributed by atoms with Crippen LogP contribution in [0.5, 0.6) is 0 Å². The van der Waals surface area contributed by atoms with Gasteiger partial charge in [-0.15, -0.1) is 0 Å². The lowest BCUT2D eigenvalue weighted by Gasteiger charge is -2.23. The first-order valence-corrected chi connectivity index (χ1v) is 16.5. The number of benzene rings is 3. The molecule has 0 unspecified atom stereocenters. The fourth-order valence-corrected chi connectivity index (χ4v) is 7.41. The molecule has 0 aliphatic carbocycles. The van der Waals surface area contributed by atoms with Crippen LogP contribution in [0.1, 0.15) is 36.1 Å².